The Kier molecular flexibility index (Phi) is 5.74. The Hall–Kier alpha value is -2.54. The van der Waals surface area contributed by atoms with Crippen LogP contribution < -0.4 is 10.1 Å². The van der Waals surface area contributed by atoms with E-state index in [0.717, 1.165) is 30.3 Å². The fourth-order valence-electron chi connectivity index (χ4n) is 6.24. The van der Waals surface area contributed by atoms with E-state index in [0.29, 0.717) is 35.1 Å². The average molecular weight is 442 g/mol. The Morgan fingerprint density at radius 1 is 1.22 bits per heavy atom. The third kappa shape index (κ3) is 4.10. The molecular formula is C25H35N3O4. The van der Waals surface area contributed by atoms with Gasteiger partial charge in [0.05, 0.1) is 31.5 Å². The number of aromatic nitrogens is 1. The minimum Gasteiger partial charge on any atom is -0.497 e. The third-order valence-electron chi connectivity index (χ3n) is 7.01. The number of fused-ring (bicyclic) bond motifs is 3. The number of amides is 1. The predicted octanol–water partition coefficient (Wildman–Crippen LogP) is 4.20. The Labute approximate surface area is 190 Å². The van der Waals surface area contributed by atoms with Crippen molar-refractivity contribution in [1.29, 1.82) is 0 Å². The summed E-state index contributed by atoms with van der Waals surface area (Å²) in [5.74, 6) is 0.101. The molecular weight excluding hydrogens is 406 g/mol. The first kappa shape index (κ1) is 22.6. The first-order valence-corrected chi connectivity index (χ1v) is 11.4. The van der Waals surface area contributed by atoms with Crippen molar-refractivity contribution in [1.82, 2.24) is 9.47 Å². The minimum absolute atomic E-state index is 0.111. The average Bonchev–Trinajstić information content (AvgIpc) is 3.10. The van der Waals surface area contributed by atoms with Crippen LogP contribution in [0.2, 0.25) is 0 Å². The van der Waals surface area contributed by atoms with E-state index < -0.39 is 5.97 Å². The molecule has 1 N–H and O–H groups in total. The normalized spacial score (nSPS) is 24.5. The molecule has 1 aliphatic carbocycles. The van der Waals surface area contributed by atoms with Crippen LogP contribution in [0.3, 0.4) is 0 Å². The summed E-state index contributed by atoms with van der Waals surface area (Å²) < 4.78 is 12.4. The number of carbonyl (C=O) groups is 2. The molecule has 1 aliphatic heterocycles. The second-order valence-corrected chi connectivity index (χ2v) is 10.6. The van der Waals surface area contributed by atoms with Crippen LogP contribution in [0, 0.1) is 10.8 Å². The van der Waals surface area contributed by atoms with E-state index in [1.54, 1.807) is 18.6 Å². The van der Waals surface area contributed by atoms with Gasteiger partial charge < -0.3 is 19.4 Å². The molecule has 4 rings (SSSR count). The first-order chi connectivity index (χ1) is 15.1. The maximum absolute atomic E-state index is 13.2. The van der Waals surface area contributed by atoms with Gasteiger partial charge in [0.2, 0.25) is 5.91 Å². The lowest BCUT2D eigenvalue weighted by Gasteiger charge is -2.39. The molecule has 7 heteroatoms. The quantitative estimate of drug-likeness (QED) is 0.680. The van der Waals surface area contributed by atoms with Crippen LogP contribution >= 0.6 is 0 Å². The zero-order valence-electron chi connectivity index (χ0n) is 20.1. The maximum Gasteiger partial charge on any atom is 0.357 e. The monoisotopic (exact) mass is 441 g/mol. The second-order valence-electron chi connectivity index (χ2n) is 10.6. The van der Waals surface area contributed by atoms with Crippen molar-refractivity contribution >= 4 is 28.5 Å². The number of anilines is 1. The van der Waals surface area contributed by atoms with E-state index in [1.807, 2.05) is 25.2 Å². The molecule has 1 aromatic heterocycles. The van der Waals surface area contributed by atoms with E-state index in [2.05, 4.69) is 31.0 Å². The van der Waals surface area contributed by atoms with Gasteiger partial charge in [-0.05, 0) is 55.2 Å². The maximum atomic E-state index is 13.2. The number of esters is 1. The number of ether oxygens (including phenoxy) is 2. The highest BCUT2D eigenvalue weighted by atomic mass is 16.5. The molecule has 2 heterocycles. The lowest BCUT2D eigenvalue weighted by Crippen LogP contribution is -2.38. The van der Waals surface area contributed by atoms with Gasteiger partial charge in [0.15, 0.2) is 5.69 Å². The smallest absolute Gasteiger partial charge is 0.357 e. The van der Waals surface area contributed by atoms with Gasteiger partial charge in [0.1, 0.15) is 5.75 Å². The second kappa shape index (κ2) is 8.10. The highest BCUT2D eigenvalue weighted by Crippen LogP contribution is 2.52. The van der Waals surface area contributed by atoms with Crippen molar-refractivity contribution < 1.29 is 19.1 Å². The molecule has 0 unspecified atom stereocenters. The van der Waals surface area contributed by atoms with E-state index in [-0.39, 0.29) is 17.9 Å². The van der Waals surface area contributed by atoms with Crippen molar-refractivity contribution in [3.63, 3.8) is 0 Å². The zero-order valence-corrected chi connectivity index (χ0v) is 20.1. The Morgan fingerprint density at radius 3 is 2.66 bits per heavy atom. The predicted molar refractivity (Wildman–Crippen MR) is 125 cm³/mol. The summed E-state index contributed by atoms with van der Waals surface area (Å²) in [5.41, 5.74) is 2.22. The number of likely N-dealkylation sites (tertiary alicyclic amines) is 1. The molecule has 2 aromatic rings. The zero-order chi connectivity index (χ0) is 23.3. The van der Waals surface area contributed by atoms with Gasteiger partial charge in [-0.15, -0.1) is 0 Å². The van der Waals surface area contributed by atoms with Crippen LogP contribution in [0.25, 0.3) is 10.9 Å². The molecule has 1 amide bonds. The molecule has 32 heavy (non-hydrogen) atoms. The van der Waals surface area contributed by atoms with Crippen LogP contribution in [0.5, 0.6) is 5.75 Å². The van der Waals surface area contributed by atoms with Crippen LogP contribution in [0.4, 0.5) is 5.69 Å². The largest absolute Gasteiger partial charge is 0.497 e. The Morgan fingerprint density at radius 2 is 1.97 bits per heavy atom. The molecule has 2 fully saturated rings. The minimum atomic E-state index is -0.452. The van der Waals surface area contributed by atoms with Gasteiger partial charge in [-0.1, -0.05) is 20.8 Å². The van der Waals surface area contributed by atoms with Crippen molar-refractivity contribution in [2.24, 2.45) is 17.9 Å². The molecule has 0 radical (unpaired) electrons. The third-order valence-corrected chi connectivity index (χ3v) is 7.01. The molecule has 1 saturated heterocycles. The van der Waals surface area contributed by atoms with Gasteiger partial charge in [0, 0.05) is 25.0 Å². The Balaban J connectivity index is 1.62. The van der Waals surface area contributed by atoms with Crippen LogP contribution in [-0.2, 0) is 16.6 Å². The molecule has 1 saturated carbocycles. The molecule has 0 spiro atoms. The van der Waals surface area contributed by atoms with Crippen molar-refractivity contribution in [2.45, 2.75) is 53.0 Å². The fourth-order valence-corrected chi connectivity index (χ4v) is 6.24. The molecule has 7 nitrogen and oxygen atoms in total. The summed E-state index contributed by atoms with van der Waals surface area (Å²) in [6.07, 6.45) is 3.43. The molecule has 2 aliphatic rings. The van der Waals surface area contributed by atoms with Gasteiger partial charge >= 0.3 is 5.97 Å². The van der Waals surface area contributed by atoms with Crippen LogP contribution in [-0.4, -0.2) is 54.2 Å². The number of carbonyl (C=O) groups excluding carboxylic acids is 2. The topological polar surface area (TPSA) is 72.8 Å². The van der Waals surface area contributed by atoms with Gasteiger partial charge in [-0.2, -0.15) is 0 Å². The van der Waals surface area contributed by atoms with Crippen molar-refractivity contribution in [2.75, 3.05) is 32.1 Å². The van der Waals surface area contributed by atoms with Gasteiger partial charge in [-0.3, -0.25) is 9.69 Å². The standard InChI is InChI=1S/C25H35N3O4/c1-7-32-23(30)22-21(18-10-17(31-6)8-9-19(18)27(22)5)26-20(29)13-28-15-25(4)12-16(28)11-24(2,3)14-25/h8-10,16H,7,11-15H2,1-6H3,(H,26,29)/t16-,25-/m0/s1. The highest BCUT2D eigenvalue weighted by Gasteiger charge is 2.49. The number of methoxy groups -OCH3 is 1. The van der Waals surface area contributed by atoms with Gasteiger partial charge in [0.25, 0.3) is 0 Å². The number of nitrogens with one attached hydrogen (secondary N) is 1. The number of rotatable bonds is 6. The van der Waals surface area contributed by atoms with Gasteiger partial charge in [-0.25, -0.2) is 4.79 Å². The highest BCUT2D eigenvalue weighted by molar-refractivity contribution is 6.12. The molecule has 174 valence electrons. The van der Waals surface area contributed by atoms with E-state index in [4.69, 9.17) is 9.47 Å². The summed E-state index contributed by atoms with van der Waals surface area (Å²) in [5, 5.41) is 3.81. The summed E-state index contributed by atoms with van der Waals surface area (Å²) in [6.45, 7) is 10.3. The SMILES string of the molecule is CCOC(=O)c1c(NC(=O)CN2C[C@@]3(C)C[C@@H]2CC(C)(C)C3)c2cc(OC)ccc2n1C. The van der Waals surface area contributed by atoms with E-state index in [1.165, 1.54) is 6.42 Å². The summed E-state index contributed by atoms with van der Waals surface area (Å²) in [4.78, 5) is 28.3. The van der Waals surface area contributed by atoms with Crippen LogP contribution in [0.1, 0.15) is 57.4 Å². The number of hydrogen-bond acceptors (Lipinski definition) is 5. The Bertz CT molecular complexity index is 1060. The van der Waals surface area contributed by atoms with Crippen molar-refractivity contribution in [3.8, 4) is 5.75 Å². The fraction of sp³-hybridized carbons (Fsp3) is 0.600. The number of benzene rings is 1. The first-order valence-electron chi connectivity index (χ1n) is 11.4. The number of aryl methyl sites for hydroxylation is 1. The van der Waals surface area contributed by atoms with Crippen LogP contribution in [0.15, 0.2) is 18.2 Å². The van der Waals surface area contributed by atoms with E-state index in [9.17, 15) is 9.59 Å². The molecule has 2 atom stereocenters. The summed E-state index contributed by atoms with van der Waals surface area (Å²) >= 11 is 0. The number of hydrogen-bond donors (Lipinski definition) is 1. The molecule has 1 aromatic carbocycles. The summed E-state index contributed by atoms with van der Waals surface area (Å²) in [7, 11) is 3.41. The van der Waals surface area contributed by atoms with E-state index >= 15 is 0 Å². The lowest BCUT2D eigenvalue weighted by atomic mass is 9.65. The number of nitrogens with zero attached hydrogens (tertiary/aromatic N) is 2. The molecule has 2 bridgehead atoms. The summed E-state index contributed by atoms with van der Waals surface area (Å²) in [6, 6.07) is 6.00. The van der Waals surface area contributed by atoms with Crippen molar-refractivity contribution in [3.05, 3.63) is 23.9 Å². The lowest BCUT2D eigenvalue weighted by molar-refractivity contribution is -0.117.